The van der Waals surface area contributed by atoms with Gasteiger partial charge in [-0.05, 0) is 46.3 Å². The standard InChI is InChI=1S/C27H25N5O2S/c33-23(17-32-7-9-34-10-8-32)13-18-2-1-3-19(12-18)25-30-26(24-6-11-35-27(24)31-25)29-22-5-4-20-15-28-16-21(20)14-22/h1-6,11-12,14,16H,7-10,13,15,17H2,(H,29,30,31). The number of ketones is 1. The Bertz CT molecular complexity index is 1420. The fraction of sp³-hybridized carbons (Fsp3) is 0.259. The van der Waals surface area contributed by atoms with Crippen molar-refractivity contribution in [1.29, 1.82) is 0 Å². The molecule has 7 nitrogen and oxygen atoms in total. The van der Waals surface area contributed by atoms with Crippen molar-refractivity contribution in [3.63, 3.8) is 0 Å². The molecule has 6 rings (SSSR count). The van der Waals surface area contributed by atoms with Crippen LogP contribution in [0.5, 0.6) is 0 Å². The van der Waals surface area contributed by atoms with Crippen LogP contribution in [0.4, 0.5) is 11.5 Å². The molecule has 0 radical (unpaired) electrons. The Morgan fingerprint density at radius 2 is 2.00 bits per heavy atom. The minimum absolute atomic E-state index is 0.209. The molecule has 8 heteroatoms. The van der Waals surface area contributed by atoms with Crippen LogP contribution in [0.1, 0.15) is 16.7 Å². The number of benzene rings is 2. The number of thiophene rings is 1. The first-order valence-corrected chi connectivity index (χ1v) is 12.7. The predicted molar refractivity (Wildman–Crippen MR) is 140 cm³/mol. The third-order valence-electron chi connectivity index (χ3n) is 6.32. The number of hydrogen-bond donors (Lipinski definition) is 1. The van der Waals surface area contributed by atoms with Crippen LogP contribution in [0.3, 0.4) is 0 Å². The maximum Gasteiger partial charge on any atom is 0.163 e. The summed E-state index contributed by atoms with van der Waals surface area (Å²) in [5.74, 6) is 1.63. The number of aromatic nitrogens is 2. The third-order valence-corrected chi connectivity index (χ3v) is 7.12. The van der Waals surface area contributed by atoms with Crippen LogP contribution in [0.2, 0.25) is 0 Å². The van der Waals surface area contributed by atoms with E-state index in [1.165, 1.54) is 5.56 Å². The highest BCUT2D eigenvalue weighted by Crippen LogP contribution is 2.31. The van der Waals surface area contributed by atoms with Gasteiger partial charge in [-0.25, -0.2) is 9.97 Å². The van der Waals surface area contributed by atoms with Crippen molar-refractivity contribution >= 4 is 45.1 Å². The number of morpholine rings is 1. The number of Topliss-reactive ketones (excluding diaryl/α,β-unsaturated/α-hetero) is 1. The summed E-state index contributed by atoms with van der Waals surface area (Å²) >= 11 is 1.59. The fourth-order valence-corrected chi connectivity index (χ4v) is 5.27. The molecule has 2 aromatic heterocycles. The Kier molecular flexibility index (Phi) is 6.08. The Balaban J connectivity index is 1.25. The Labute approximate surface area is 207 Å². The van der Waals surface area contributed by atoms with Gasteiger partial charge in [-0.3, -0.25) is 14.7 Å². The van der Waals surface area contributed by atoms with E-state index < -0.39 is 0 Å². The lowest BCUT2D eigenvalue weighted by Crippen LogP contribution is -2.39. The Hall–Kier alpha value is -3.46. The van der Waals surface area contributed by atoms with Crippen molar-refractivity contribution in [2.24, 2.45) is 4.99 Å². The smallest absolute Gasteiger partial charge is 0.163 e. The lowest BCUT2D eigenvalue weighted by molar-refractivity contribution is -0.120. The number of nitrogens with zero attached hydrogens (tertiary/aromatic N) is 4. The zero-order valence-electron chi connectivity index (χ0n) is 19.2. The molecule has 4 heterocycles. The average molecular weight is 484 g/mol. The second-order valence-electron chi connectivity index (χ2n) is 8.85. The van der Waals surface area contributed by atoms with Gasteiger partial charge in [-0.2, -0.15) is 0 Å². The molecule has 176 valence electrons. The van der Waals surface area contributed by atoms with Gasteiger partial charge in [0.05, 0.1) is 31.7 Å². The first-order valence-electron chi connectivity index (χ1n) is 11.8. The molecule has 35 heavy (non-hydrogen) atoms. The summed E-state index contributed by atoms with van der Waals surface area (Å²) in [5.41, 5.74) is 5.22. The average Bonchev–Trinajstić information content (AvgIpc) is 3.54. The van der Waals surface area contributed by atoms with Crippen molar-refractivity contribution in [2.45, 2.75) is 13.0 Å². The maximum atomic E-state index is 12.7. The van der Waals surface area contributed by atoms with Gasteiger partial charge in [-0.15, -0.1) is 11.3 Å². The van der Waals surface area contributed by atoms with Crippen LogP contribution in [0.25, 0.3) is 21.6 Å². The number of ether oxygens (including phenoxy) is 1. The highest BCUT2D eigenvalue weighted by atomic mass is 32.1. The molecule has 2 aliphatic heterocycles. The van der Waals surface area contributed by atoms with Gasteiger partial charge >= 0.3 is 0 Å². The van der Waals surface area contributed by atoms with Crippen LogP contribution in [-0.2, 0) is 22.5 Å². The molecular weight excluding hydrogens is 458 g/mol. The van der Waals surface area contributed by atoms with E-state index >= 15 is 0 Å². The van der Waals surface area contributed by atoms with Crippen LogP contribution < -0.4 is 5.32 Å². The van der Waals surface area contributed by atoms with E-state index in [1.54, 1.807) is 11.3 Å². The molecule has 2 aromatic carbocycles. The molecular formula is C27H25N5O2S. The molecule has 0 bridgehead atoms. The summed E-state index contributed by atoms with van der Waals surface area (Å²) in [6, 6.07) is 16.3. The zero-order chi connectivity index (χ0) is 23.6. The molecule has 1 N–H and O–H groups in total. The quantitative estimate of drug-likeness (QED) is 0.418. The molecule has 1 saturated heterocycles. The van der Waals surface area contributed by atoms with E-state index in [-0.39, 0.29) is 5.78 Å². The highest BCUT2D eigenvalue weighted by molar-refractivity contribution is 7.16. The molecule has 0 atom stereocenters. The van der Waals surface area contributed by atoms with Gasteiger partial charge in [0.15, 0.2) is 11.6 Å². The fourth-order valence-electron chi connectivity index (χ4n) is 4.51. The van der Waals surface area contributed by atoms with Crippen molar-refractivity contribution in [1.82, 2.24) is 14.9 Å². The first kappa shape index (κ1) is 22.0. The second-order valence-corrected chi connectivity index (χ2v) is 9.74. The molecule has 2 aliphatic rings. The number of anilines is 2. The zero-order valence-corrected chi connectivity index (χ0v) is 20.1. The number of aliphatic imine (C=N–C) groups is 1. The highest BCUT2D eigenvalue weighted by Gasteiger charge is 2.16. The summed E-state index contributed by atoms with van der Waals surface area (Å²) in [7, 11) is 0. The normalized spacial score (nSPS) is 15.4. The van der Waals surface area contributed by atoms with E-state index in [1.807, 2.05) is 41.9 Å². The summed E-state index contributed by atoms with van der Waals surface area (Å²) < 4.78 is 5.38. The SMILES string of the molecule is O=C(Cc1cccc(-c2nc(Nc3ccc4c(c3)C=NC4)c3ccsc3n2)c1)CN1CCOCC1. The van der Waals surface area contributed by atoms with Crippen LogP contribution in [0, 0.1) is 0 Å². The molecule has 0 unspecified atom stereocenters. The predicted octanol–water partition coefficient (Wildman–Crippen LogP) is 4.48. The third kappa shape index (κ3) is 4.86. The van der Waals surface area contributed by atoms with Gasteiger partial charge in [-0.1, -0.05) is 24.3 Å². The van der Waals surface area contributed by atoms with E-state index in [0.717, 1.165) is 58.0 Å². The molecule has 4 aromatic rings. The maximum absolute atomic E-state index is 12.7. The first-order chi connectivity index (χ1) is 17.2. The Morgan fingerprint density at radius 1 is 1.09 bits per heavy atom. The number of rotatable bonds is 7. The van der Waals surface area contributed by atoms with E-state index in [4.69, 9.17) is 14.7 Å². The largest absolute Gasteiger partial charge is 0.379 e. The summed E-state index contributed by atoms with van der Waals surface area (Å²) in [4.78, 5) is 29.8. The van der Waals surface area contributed by atoms with Gasteiger partial charge < -0.3 is 10.1 Å². The summed E-state index contributed by atoms with van der Waals surface area (Å²) in [6.45, 7) is 4.22. The molecule has 1 fully saturated rings. The monoisotopic (exact) mass is 483 g/mol. The molecule has 0 aliphatic carbocycles. The number of carbonyl (C=O) groups excluding carboxylic acids is 1. The van der Waals surface area contributed by atoms with Crippen LogP contribution in [0.15, 0.2) is 58.9 Å². The Morgan fingerprint density at radius 3 is 2.91 bits per heavy atom. The minimum Gasteiger partial charge on any atom is -0.379 e. The summed E-state index contributed by atoms with van der Waals surface area (Å²) in [5, 5.41) is 6.51. The summed E-state index contributed by atoms with van der Waals surface area (Å²) in [6.07, 6.45) is 2.31. The number of nitrogens with one attached hydrogen (secondary N) is 1. The van der Waals surface area contributed by atoms with E-state index in [0.29, 0.717) is 32.0 Å². The molecule has 0 saturated carbocycles. The van der Waals surface area contributed by atoms with Crippen molar-refractivity contribution < 1.29 is 9.53 Å². The van der Waals surface area contributed by atoms with E-state index in [2.05, 4.69) is 33.4 Å². The van der Waals surface area contributed by atoms with Gasteiger partial charge in [0.25, 0.3) is 0 Å². The molecule has 0 amide bonds. The number of carbonyl (C=O) groups is 1. The van der Waals surface area contributed by atoms with Gasteiger partial charge in [0.1, 0.15) is 10.6 Å². The molecule has 0 spiro atoms. The van der Waals surface area contributed by atoms with Crippen LogP contribution in [-0.4, -0.2) is 59.7 Å². The van der Waals surface area contributed by atoms with Crippen molar-refractivity contribution in [3.05, 3.63) is 70.6 Å². The van der Waals surface area contributed by atoms with Gasteiger partial charge in [0, 0.05) is 37.0 Å². The van der Waals surface area contributed by atoms with Crippen LogP contribution >= 0.6 is 11.3 Å². The van der Waals surface area contributed by atoms with Gasteiger partial charge in [0.2, 0.25) is 0 Å². The van der Waals surface area contributed by atoms with Crippen molar-refractivity contribution in [3.8, 4) is 11.4 Å². The lowest BCUT2D eigenvalue weighted by atomic mass is 10.0. The lowest BCUT2D eigenvalue weighted by Gasteiger charge is -2.25. The topological polar surface area (TPSA) is 79.7 Å². The second kappa shape index (κ2) is 9.65. The number of hydrogen-bond acceptors (Lipinski definition) is 8. The van der Waals surface area contributed by atoms with Crippen molar-refractivity contribution in [2.75, 3.05) is 38.2 Å². The van der Waals surface area contributed by atoms with E-state index in [9.17, 15) is 4.79 Å². The minimum atomic E-state index is 0.209. The number of fused-ring (bicyclic) bond motifs is 2.